The molecule has 3 aromatic heterocycles. The van der Waals surface area contributed by atoms with E-state index in [0.717, 1.165) is 61.6 Å². The Labute approximate surface area is 348 Å². The first kappa shape index (κ1) is 33.8. The van der Waals surface area contributed by atoms with Gasteiger partial charge < -0.3 is 14.2 Å². The third-order valence-electron chi connectivity index (χ3n) is 11.2. The summed E-state index contributed by atoms with van der Waals surface area (Å²) >= 11 is 3.68. The van der Waals surface area contributed by atoms with Crippen molar-refractivity contribution in [2.75, 3.05) is 9.80 Å². The van der Waals surface area contributed by atoms with Crippen LogP contribution < -0.4 is 9.80 Å². The van der Waals surface area contributed by atoms with Crippen LogP contribution in [0.3, 0.4) is 0 Å². The number of para-hydroxylation sites is 2. The van der Waals surface area contributed by atoms with Crippen LogP contribution in [0.2, 0.25) is 0 Å². The topological polar surface area (TPSA) is 32.5 Å². The summed E-state index contributed by atoms with van der Waals surface area (Å²) in [6.07, 6.45) is 0. The van der Waals surface area contributed by atoms with Crippen molar-refractivity contribution < 1.29 is 4.42 Å². The molecule has 0 bridgehead atoms. The number of nitrogens with zero attached hydrogens (tertiary/aromatic N) is 3. The molecule has 0 saturated heterocycles. The molecule has 0 N–H and O–H groups in total. The van der Waals surface area contributed by atoms with Crippen LogP contribution in [0.4, 0.5) is 34.1 Å². The van der Waals surface area contributed by atoms with Gasteiger partial charge in [0.05, 0.1) is 26.5 Å². The Morgan fingerprint density at radius 3 is 1.56 bits per heavy atom. The molecular weight excluding hydrogens is 759 g/mol. The fourth-order valence-electron chi connectivity index (χ4n) is 8.61. The maximum atomic E-state index is 6.77. The average molecular weight is 792 g/mol. The minimum absolute atomic E-state index is 0.591. The Morgan fingerprint density at radius 1 is 0.407 bits per heavy atom. The molecule has 0 spiro atoms. The lowest BCUT2D eigenvalue weighted by atomic mass is 10.0. The molecule has 278 valence electrons. The van der Waals surface area contributed by atoms with Gasteiger partial charge in [-0.15, -0.1) is 22.7 Å². The van der Waals surface area contributed by atoms with Crippen molar-refractivity contribution in [1.82, 2.24) is 4.98 Å². The van der Waals surface area contributed by atoms with E-state index in [9.17, 15) is 0 Å². The predicted molar refractivity (Wildman–Crippen MR) is 252 cm³/mol. The number of aromatic nitrogens is 1. The van der Waals surface area contributed by atoms with E-state index < -0.39 is 0 Å². The largest absolute Gasteiger partial charge is 0.436 e. The van der Waals surface area contributed by atoms with Gasteiger partial charge >= 0.3 is 0 Å². The molecule has 0 amide bonds. The molecule has 0 aliphatic rings. The number of oxazole rings is 1. The molecule has 0 radical (unpaired) electrons. The summed E-state index contributed by atoms with van der Waals surface area (Å²) in [5.41, 5.74) is 8.87. The maximum Gasteiger partial charge on any atom is 0.227 e. The highest BCUT2D eigenvalue weighted by Crippen LogP contribution is 2.51. The number of fused-ring (bicyclic) bond motifs is 8. The van der Waals surface area contributed by atoms with E-state index in [0.29, 0.717) is 5.89 Å². The van der Waals surface area contributed by atoms with Gasteiger partial charge in [0.1, 0.15) is 5.52 Å². The predicted octanol–water partition coefficient (Wildman–Crippen LogP) is 16.3. The summed E-state index contributed by atoms with van der Waals surface area (Å²) < 4.78 is 11.8. The van der Waals surface area contributed by atoms with Crippen molar-refractivity contribution in [3.8, 4) is 11.5 Å². The number of thiophene rings is 2. The summed E-state index contributed by atoms with van der Waals surface area (Å²) in [5, 5.41) is 7.16. The third-order valence-corrected chi connectivity index (χ3v) is 13.7. The SMILES string of the molecule is c1ccc(-c2nc3c(N(c4ccccc4)c4cccc5c4sc4ccccc45)c4ccc(N(c5ccccc5)c5cccc6c5sc5ccccc56)cc4cc3o2)cc1. The fraction of sp³-hybridized carbons (Fsp3) is 0. The molecule has 12 rings (SSSR count). The van der Waals surface area contributed by atoms with Gasteiger partial charge in [0.25, 0.3) is 0 Å². The number of hydrogen-bond donors (Lipinski definition) is 0. The van der Waals surface area contributed by atoms with Crippen molar-refractivity contribution in [2.24, 2.45) is 0 Å². The molecule has 0 unspecified atom stereocenters. The second kappa shape index (κ2) is 13.7. The fourth-order valence-corrected chi connectivity index (χ4v) is 11.0. The minimum Gasteiger partial charge on any atom is -0.436 e. The van der Waals surface area contributed by atoms with Crippen molar-refractivity contribution in [2.45, 2.75) is 0 Å². The molecule has 0 atom stereocenters. The van der Waals surface area contributed by atoms with E-state index in [-0.39, 0.29) is 0 Å². The molecular formula is C53H33N3OS2. The second-order valence-electron chi connectivity index (χ2n) is 14.7. The molecule has 9 aromatic carbocycles. The van der Waals surface area contributed by atoms with Crippen LogP contribution >= 0.6 is 22.7 Å². The first-order valence-corrected chi connectivity index (χ1v) is 21.3. The summed E-state index contributed by atoms with van der Waals surface area (Å²) in [6, 6.07) is 71.3. The Morgan fingerprint density at radius 2 is 0.932 bits per heavy atom. The molecule has 0 aliphatic carbocycles. The Hall–Kier alpha value is -7.25. The normalized spacial score (nSPS) is 11.7. The van der Waals surface area contributed by atoms with Gasteiger partial charge in [-0.2, -0.15) is 0 Å². The highest BCUT2D eigenvalue weighted by Gasteiger charge is 2.26. The Bertz CT molecular complexity index is 3520. The number of benzene rings is 9. The summed E-state index contributed by atoms with van der Waals surface area (Å²) in [5.74, 6) is 0.591. The van der Waals surface area contributed by atoms with E-state index in [4.69, 9.17) is 9.40 Å². The first-order chi connectivity index (χ1) is 29.3. The number of anilines is 6. The molecule has 12 aromatic rings. The monoisotopic (exact) mass is 791 g/mol. The van der Waals surface area contributed by atoms with Crippen LogP contribution in [-0.4, -0.2) is 4.98 Å². The lowest BCUT2D eigenvalue weighted by Crippen LogP contribution is -2.12. The lowest BCUT2D eigenvalue weighted by molar-refractivity contribution is 0.620. The van der Waals surface area contributed by atoms with Crippen molar-refractivity contribution >= 4 is 119 Å². The Kier molecular flexibility index (Phi) is 7.86. The van der Waals surface area contributed by atoms with Gasteiger partial charge in [0, 0.05) is 59.0 Å². The quantitative estimate of drug-likeness (QED) is 0.161. The summed E-state index contributed by atoms with van der Waals surface area (Å²) in [7, 11) is 0. The molecule has 4 nitrogen and oxygen atoms in total. The standard InChI is InChI=1S/C53H33N3OS2/c1-4-16-34(17-5-1)53-54-49-46(57-53)33-35-32-38(55(36-18-6-2-7-19-36)44-26-14-24-42-40-22-10-12-28-47(40)58-51(42)44)30-31-39(35)50(49)56(37-20-8-3-9-21-37)45-27-15-25-43-41-23-11-13-29-48(41)59-52(43)45/h1-33H. The van der Waals surface area contributed by atoms with Gasteiger partial charge in [-0.1, -0.05) is 121 Å². The van der Waals surface area contributed by atoms with E-state index in [2.05, 4.69) is 192 Å². The number of rotatable bonds is 7. The summed E-state index contributed by atoms with van der Waals surface area (Å²) in [4.78, 5) is 10.1. The van der Waals surface area contributed by atoms with Crippen molar-refractivity contribution in [3.05, 3.63) is 200 Å². The zero-order valence-electron chi connectivity index (χ0n) is 31.6. The molecule has 0 saturated carbocycles. The number of hydrogen-bond acceptors (Lipinski definition) is 6. The lowest BCUT2D eigenvalue weighted by Gasteiger charge is -2.29. The van der Waals surface area contributed by atoms with Crippen molar-refractivity contribution in [3.63, 3.8) is 0 Å². The van der Waals surface area contributed by atoms with Crippen LogP contribution in [0.1, 0.15) is 0 Å². The molecule has 3 heterocycles. The maximum absolute atomic E-state index is 6.77. The third kappa shape index (κ3) is 5.52. The van der Waals surface area contributed by atoms with Gasteiger partial charge in [0.15, 0.2) is 5.58 Å². The first-order valence-electron chi connectivity index (χ1n) is 19.7. The van der Waals surface area contributed by atoms with Gasteiger partial charge in [-0.3, -0.25) is 0 Å². The van der Waals surface area contributed by atoms with Crippen LogP contribution in [0.15, 0.2) is 205 Å². The second-order valence-corrected chi connectivity index (χ2v) is 16.8. The van der Waals surface area contributed by atoms with Gasteiger partial charge in [-0.05, 0) is 84.2 Å². The zero-order chi connectivity index (χ0) is 38.9. The molecule has 0 aliphatic heterocycles. The molecule has 6 heteroatoms. The minimum atomic E-state index is 0.591. The average Bonchev–Trinajstić information content (AvgIpc) is 4.02. The Balaban J connectivity index is 1.15. The van der Waals surface area contributed by atoms with Crippen LogP contribution in [-0.2, 0) is 0 Å². The van der Waals surface area contributed by atoms with Gasteiger partial charge in [-0.25, -0.2) is 4.98 Å². The summed E-state index contributed by atoms with van der Waals surface area (Å²) in [6.45, 7) is 0. The van der Waals surface area contributed by atoms with Crippen LogP contribution in [0.25, 0.3) is 73.7 Å². The van der Waals surface area contributed by atoms with Crippen molar-refractivity contribution in [1.29, 1.82) is 0 Å². The zero-order valence-corrected chi connectivity index (χ0v) is 33.3. The highest BCUT2D eigenvalue weighted by atomic mass is 32.1. The van der Waals surface area contributed by atoms with Gasteiger partial charge in [0.2, 0.25) is 5.89 Å². The van der Waals surface area contributed by atoms with Crippen LogP contribution in [0, 0.1) is 0 Å². The van der Waals surface area contributed by atoms with Crippen LogP contribution in [0.5, 0.6) is 0 Å². The highest BCUT2D eigenvalue weighted by molar-refractivity contribution is 7.26. The van der Waals surface area contributed by atoms with E-state index >= 15 is 0 Å². The molecule has 59 heavy (non-hydrogen) atoms. The van der Waals surface area contributed by atoms with E-state index in [1.54, 1.807) is 0 Å². The smallest absolute Gasteiger partial charge is 0.227 e. The van der Waals surface area contributed by atoms with E-state index in [1.165, 1.54) is 40.3 Å². The molecule has 0 fully saturated rings. The van der Waals surface area contributed by atoms with E-state index in [1.807, 2.05) is 40.9 Å².